The number of ether oxygens (including phenoxy) is 1. The van der Waals surface area contributed by atoms with Crippen LogP contribution in [0.2, 0.25) is 0 Å². The van der Waals surface area contributed by atoms with Crippen LogP contribution in [0.3, 0.4) is 0 Å². The zero-order valence-electron chi connectivity index (χ0n) is 18.7. The summed E-state index contributed by atoms with van der Waals surface area (Å²) in [7, 11) is 0. The van der Waals surface area contributed by atoms with Gasteiger partial charge in [0, 0.05) is 18.6 Å². The molecule has 0 heterocycles. The number of esters is 1. The molecule has 0 aliphatic carbocycles. The number of rotatable bonds is 12. The van der Waals surface area contributed by atoms with Crippen LogP contribution in [-0.4, -0.2) is 17.7 Å². The van der Waals surface area contributed by atoms with E-state index in [0.29, 0.717) is 12.0 Å². The molecule has 0 saturated heterocycles. The molecule has 3 heteroatoms. The number of benzene rings is 2. The summed E-state index contributed by atoms with van der Waals surface area (Å²) >= 11 is 0. The van der Waals surface area contributed by atoms with E-state index in [0.717, 1.165) is 30.7 Å². The van der Waals surface area contributed by atoms with Crippen molar-refractivity contribution in [1.29, 1.82) is 0 Å². The molecule has 2 aromatic carbocycles. The Kier molecular flexibility index (Phi) is 9.82. The highest BCUT2D eigenvalue weighted by atomic mass is 16.5. The van der Waals surface area contributed by atoms with Crippen molar-refractivity contribution in [3.8, 4) is 0 Å². The lowest BCUT2D eigenvalue weighted by molar-refractivity contribution is -0.145. The van der Waals surface area contributed by atoms with Gasteiger partial charge < -0.3 is 9.84 Å². The molecule has 3 nitrogen and oxygen atoms in total. The number of aliphatic hydroxyl groups excluding tert-OH is 1. The third kappa shape index (κ3) is 8.16. The molecule has 1 atom stereocenters. The van der Waals surface area contributed by atoms with Gasteiger partial charge in [-0.25, -0.2) is 4.79 Å². The van der Waals surface area contributed by atoms with E-state index in [9.17, 15) is 9.90 Å². The molecule has 0 aliphatic heterocycles. The fraction of sp³-hybridized carbons (Fsp3) is 0.444. The standard InChI is InChI=1S/C27H36O3/c1-20(2)6-5-7-22-8-10-23(11-9-22)12-13-24-14-16-25(17-15-24)26(18-19-28)30-27(29)21(3)4/h8-11,14-17,20,26,28H,3,5-7,12-13,18-19H2,1-2,4H3. The van der Waals surface area contributed by atoms with Crippen molar-refractivity contribution in [2.45, 2.75) is 65.4 Å². The van der Waals surface area contributed by atoms with Gasteiger partial charge in [-0.15, -0.1) is 0 Å². The van der Waals surface area contributed by atoms with E-state index in [1.165, 1.54) is 29.5 Å². The van der Waals surface area contributed by atoms with Gasteiger partial charge in [-0.05, 0) is 60.8 Å². The number of aryl methyl sites for hydroxylation is 3. The number of aliphatic hydroxyl groups is 1. The summed E-state index contributed by atoms with van der Waals surface area (Å²) in [6.45, 7) is 9.76. The third-order valence-electron chi connectivity index (χ3n) is 5.31. The summed E-state index contributed by atoms with van der Waals surface area (Å²) < 4.78 is 5.46. The van der Waals surface area contributed by atoms with Crippen molar-refractivity contribution < 1.29 is 14.6 Å². The first kappa shape index (κ1) is 23.9. The van der Waals surface area contributed by atoms with Crippen molar-refractivity contribution in [2.75, 3.05) is 6.61 Å². The molecule has 0 saturated carbocycles. The Morgan fingerprint density at radius 2 is 1.40 bits per heavy atom. The molecule has 2 aromatic rings. The Bertz CT molecular complexity index is 788. The number of carbonyl (C=O) groups is 1. The Labute approximate surface area is 181 Å². The van der Waals surface area contributed by atoms with Crippen LogP contribution in [0, 0.1) is 5.92 Å². The Morgan fingerprint density at radius 3 is 1.87 bits per heavy atom. The van der Waals surface area contributed by atoms with Gasteiger partial charge in [0.25, 0.3) is 0 Å². The summed E-state index contributed by atoms with van der Waals surface area (Å²) in [6, 6.07) is 17.1. The first-order valence-corrected chi connectivity index (χ1v) is 11.0. The van der Waals surface area contributed by atoms with E-state index in [2.05, 4.69) is 56.8 Å². The first-order valence-electron chi connectivity index (χ1n) is 11.0. The predicted octanol–water partition coefficient (Wildman–Crippen LogP) is 5.99. The van der Waals surface area contributed by atoms with Crippen molar-refractivity contribution in [3.63, 3.8) is 0 Å². The minimum atomic E-state index is -0.448. The van der Waals surface area contributed by atoms with Gasteiger partial charge in [0.15, 0.2) is 0 Å². The first-order chi connectivity index (χ1) is 14.4. The molecule has 0 spiro atoms. The molecular formula is C27H36O3. The maximum Gasteiger partial charge on any atom is 0.333 e. The van der Waals surface area contributed by atoms with Gasteiger partial charge >= 0.3 is 5.97 Å². The average Bonchev–Trinajstić information content (AvgIpc) is 2.73. The number of hydrogen-bond acceptors (Lipinski definition) is 3. The lowest BCUT2D eigenvalue weighted by Gasteiger charge is -2.18. The number of carbonyl (C=O) groups excluding carboxylic acids is 1. The highest BCUT2D eigenvalue weighted by Gasteiger charge is 2.16. The van der Waals surface area contributed by atoms with Gasteiger partial charge in [0.1, 0.15) is 6.10 Å². The smallest absolute Gasteiger partial charge is 0.333 e. The van der Waals surface area contributed by atoms with Gasteiger partial charge in [0.2, 0.25) is 0 Å². The van der Waals surface area contributed by atoms with E-state index in [1.54, 1.807) is 6.92 Å². The SMILES string of the molecule is C=C(C)C(=O)OC(CCO)c1ccc(CCc2ccc(CCCC(C)C)cc2)cc1. The highest BCUT2D eigenvalue weighted by molar-refractivity contribution is 5.87. The monoisotopic (exact) mass is 408 g/mol. The fourth-order valence-corrected chi connectivity index (χ4v) is 3.42. The topological polar surface area (TPSA) is 46.5 Å². The summed E-state index contributed by atoms with van der Waals surface area (Å²) in [6.07, 6.45) is 5.58. The molecule has 0 bridgehead atoms. The van der Waals surface area contributed by atoms with Crippen LogP contribution in [0.1, 0.15) is 68.4 Å². The molecule has 0 radical (unpaired) electrons. The second-order valence-corrected chi connectivity index (χ2v) is 8.53. The van der Waals surface area contributed by atoms with Crippen LogP contribution in [0.15, 0.2) is 60.7 Å². The molecule has 0 fully saturated rings. The van der Waals surface area contributed by atoms with E-state index in [-0.39, 0.29) is 6.61 Å². The van der Waals surface area contributed by atoms with Crippen LogP contribution in [-0.2, 0) is 28.8 Å². The molecule has 0 aromatic heterocycles. The minimum absolute atomic E-state index is 0.0383. The second-order valence-electron chi connectivity index (χ2n) is 8.53. The molecule has 0 aliphatic rings. The lowest BCUT2D eigenvalue weighted by Crippen LogP contribution is -2.13. The van der Waals surface area contributed by atoms with Crippen LogP contribution in [0.5, 0.6) is 0 Å². The summed E-state index contributed by atoms with van der Waals surface area (Å²) in [5.41, 5.74) is 5.27. The Morgan fingerprint density at radius 1 is 0.900 bits per heavy atom. The molecule has 30 heavy (non-hydrogen) atoms. The van der Waals surface area contributed by atoms with Gasteiger partial charge in [-0.2, -0.15) is 0 Å². The van der Waals surface area contributed by atoms with Crippen molar-refractivity contribution in [3.05, 3.63) is 82.9 Å². The Hall–Kier alpha value is -2.39. The van der Waals surface area contributed by atoms with Crippen LogP contribution in [0.25, 0.3) is 0 Å². The van der Waals surface area contributed by atoms with E-state index in [1.807, 2.05) is 12.1 Å². The molecule has 162 valence electrons. The molecule has 2 rings (SSSR count). The average molecular weight is 409 g/mol. The largest absolute Gasteiger partial charge is 0.454 e. The summed E-state index contributed by atoms with van der Waals surface area (Å²) in [4.78, 5) is 11.8. The maximum atomic E-state index is 11.8. The quantitative estimate of drug-likeness (QED) is 0.346. The van der Waals surface area contributed by atoms with Crippen molar-refractivity contribution >= 4 is 5.97 Å². The fourth-order valence-electron chi connectivity index (χ4n) is 3.42. The number of hydrogen-bond donors (Lipinski definition) is 1. The van der Waals surface area contributed by atoms with Crippen LogP contribution >= 0.6 is 0 Å². The van der Waals surface area contributed by atoms with E-state index < -0.39 is 12.1 Å². The molecule has 1 unspecified atom stereocenters. The third-order valence-corrected chi connectivity index (χ3v) is 5.31. The predicted molar refractivity (Wildman–Crippen MR) is 123 cm³/mol. The Balaban J connectivity index is 1.89. The van der Waals surface area contributed by atoms with Crippen LogP contribution < -0.4 is 0 Å². The van der Waals surface area contributed by atoms with E-state index in [4.69, 9.17) is 4.74 Å². The van der Waals surface area contributed by atoms with Crippen LogP contribution in [0.4, 0.5) is 0 Å². The second kappa shape index (κ2) is 12.3. The van der Waals surface area contributed by atoms with Crippen molar-refractivity contribution in [1.82, 2.24) is 0 Å². The normalized spacial score (nSPS) is 12.0. The minimum Gasteiger partial charge on any atom is -0.454 e. The maximum absolute atomic E-state index is 11.8. The van der Waals surface area contributed by atoms with E-state index >= 15 is 0 Å². The van der Waals surface area contributed by atoms with Gasteiger partial charge in [-0.3, -0.25) is 0 Å². The molecule has 0 amide bonds. The van der Waals surface area contributed by atoms with Crippen molar-refractivity contribution in [2.24, 2.45) is 5.92 Å². The van der Waals surface area contributed by atoms with Gasteiger partial charge in [0.05, 0.1) is 0 Å². The highest BCUT2D eigenvalue weighted by Crippen LogP contribution is 2.23. The zero-order valence-corrected chi connectivity index (χ0v) is 18.7. The van der Waals surface area contributed by atoms with Gasteiger partial charge in [-0.1, -0.05) is 75.4 Å². The summed E-state index contributed by atoms with van der Waals surface area (Å²) in [5, 5.41) is 9.29. The zero-order chi connectivity index (χ0) is 21.9. The lowest BCUT2D eigenvalue weighted by atomic mass is 9.98. The molecule has 1 N–H and O–H groups in total. The summed E-state index contributed by atoms with van der Waals surface area (Å²) in [5.74, 6) is 0.345. The molecular weight excluding hydrogens is 372 g/mol.